The van der Waals surface area contributed by atoms with E-state index in [0.29, 0.717) is 13.1 Å². The van der Waals surface area contributed by atoms with Crippen LogP contribution in [0.3, 0.4) is 0 Å². The predicted molar refractivity (Wildman–Crippen MR) is 122 cm³/mol. The van der Waals surface area contributed by atoms with Crippen molar-refractivity contribution in [3.05, 3.63) is 48.1 Å². The number of alkyl halides is 2. The standard InChI is InChI=1S/C23H26F2N8O/c1-31-6-8-32(9-7-31)16-10-17-21(28-11-16)20(30-14-29-17)15-2-4-33(5-3-15)23(34)19-13-26-18(12-27-19)22(24)25/h10-15,22H,2-9H2,1H3. The molecule has 178 valence electrons. The van der Waals surface area contributed by atoms with Gasteiger partial charge in [0.2, 0.25) is 0 Å². The third-order valence-corrected chi connectivity index (χ3v) is 6.64. The van der Waals surface area contributed by atoms with E-state index in [1.165, 1.54) is 0 Å². The molecule has 1 amide bonds. The SMILES string of the molecule is CN1CCN(c2cnc3c(C4CCN(C(=O)c5cnc(C(F)F)cn5)CC4)ncnc3c2)CC1. The Morgan fingerprint density at radius 1 is 0.941 bits per heavy atom. The van der Waals surface area contributed by atoms with Gasteiger partial charge in [-0.15, -0.1) is 0 Å². The van der Waals surface area contributed by atoms with Crippen LogP contribution >= 0.6 is 0 Å². The molecule has 11 heteroatoms. The first-order valence-corrected chi connectivity index (χ1v) is 11.4. The molecule has 0 unspecified atom stereocenters. The largest absolute Gasteiger partial charge is 0.368 e. The van der Waals surface area contributed by atoms with E-state index in [9.17, 15) is 13.6 Å². The third kappa shape index (κ3) is 4.52. The summed E-state index contributed by atoms with van der Waals surface area (Å²) < 4.78 is 25.4. The molecule has 5 heterocycles. The number of rotatable bonds is 4. The molecule has 3 aromatic rings. The Bertz CT molecular complexity index is 1160. The zero-order chi connectivity index (χ0) is 23.7. The van der Waals surface area contributed by atoms with E-state index in [1.807, 2.05) is 6.20 Å². The predicted octanol–water partition coefficient (Wildman–Crippen LogP) is 2.52. The number of fused-ring (bicyclic) bond motifs is 1. The number of hydrogen-bond donors (Lipinski definition) is 0. The highest BCUT2D eigenvalue weighted by molar-refractivity contribution is 5.92. The molecule has 0 aromatic carbocycles. The highest BCUT2D eigenvalue weighted by Crippen LogP contribution is 2.31. The monoisotopic (exact) mass is 468 g/mol. The quantitative estimate of drug-likeness (QED) is 0.577. The summed E-state index contributed by atoms with van der Waals surface area (Å²) in [6.07, 6.45) is 4.31. The van der Waals surface area contributed by atoms with Crippen LogP contribution in [0.2, 0.25) is 0 Å². The molecule has 2 saturated heterocycles. The van der Waals surface area contributed by atoms with Gasteiger partial charge in [0.25, 0.3) is 12.3 Å². The van der Waals surface area contributed by atoms with Gasteiger partial charge in [-0.05, 0) is 26.0 Å². The Hall–Kier alpha value is -3.34. The number of aromatic nitrogens is 5. The molecule has 2 aliphatic heterocycles. The fourth-order valence-corrected chi connectivity index (χ4v) is 4.57. The molecule has 0 N–H and O–H groups in total. The highest BCUT2D eigenvalue weighted by atomic mass is 19.3. The lowest BCUT2D eigenvalue weighted by molar-refractivity contribution is 0.0705. The van der Waals surface area contributed by atoms with Crippen molar-refractivity contribution in [3.63, 3.8) is 0 Å². The molecule has 0 spiro atoms. The molecular weight excluding hydrogens is 442 g/mol. The van der Waals surface area contributed by atoms with Crippen molar-refractivity contribution in [1.29, 1.82) is 0 Å². The van der Waals surface area contributed by atoms with Crippen LogP contribution in [-0.4, -0.2) is 86.9 Å². The number of likely N-dealkylation sites (N-methyl/N-ethyl adjacent to an activating group) is 1. The van der Waals surface area contributed by atoms with E-state index in [4.69, 9.17) is 4.98 Å². The third-order valence-electron chi connectivity index (χ3n) is 6.64. The zero-order valence-corrected chi connectivity index (χ0v) is 18.9. The van der Waals surface area contributed by atoms with Gasteiger partial charge in [0.05, 0.1) is 35.5 Å². The molecule has 0 bridgehead atoms. The number of nitrogens with zero attached hydrogens (tertiary/aromatic N) is 8. The van der Waals surface area contributed by atoms with Gasteiger partial charge < -0.3 is 14.7 Å². The molecule has 0 saturated carbocycles. The molecule has 3 aromatic heterocycles. The molecule has 34 heavy (non-hydrogen) atoms. The number of piperazine rings is 1. The Kier molecular flexibility index (Phi) is 6.27. The van der Waals surface area contributed by atoms with Gasteiger partial charge in [-0.25, -0.2) is 23.7 Å². The van der Waals surface area contributed by atoms with E-state index < -0.39 is 12.1 Å². The second kappa shape index (κ2) is 9.49. The molecule has 0 aliphatic carbocycles. The van der Waals surface area contributed by atoms with Crippen molar-refractivity contribution in [2.24, 2.45) is 0 Å². The van der Waals surface area contributed by atoms with Gasteiger partial charge in [0.15, 0.2) is 0 Å². The summed E-state index contributed by atoms with van der Waals surface area (Å²) in [5.74, 6) is -0.141. The maximum absolute atomic E-state index is 12.7. The minimum atomic E-state index is -2.71. The molecule has 0 atom stereocenters. The second-order valence-corrected chi connectivity index (χ2v) is 8.80. The van der Waals surface area contributed by atoms with Crippen LogP contribution in [-0.2, 0) is 0 Å². The van der Waals surface area contributed by atoms with Crippen LogP contribution in [0.4, 0.5) is 14.5 Å². The van der Waals surface area contributed by atoms with Crippen LogP contribution in [0.15, 0.2) is 31.0 Å². The van der Waals surface area contributed by atoms with Crippen molar-refractivity contribution < 1.29 is 13.6 Å². The van der Waals surface area contributed by atoms with Crippen LogP contribution in [0, 0.1) is 0 Å². The molecule has 2 aliphatic rings. The lowest BCUT2D eigenvalue weighted by atomic mass is 9.92. The van der Waals surface area contributed by atoms with Gasteiger partial charge in [-0.2, -0.15) is 0 Å². The van der Waals surface area contributed by atoms with Crippen molar-refractivity contribution in [1.82, 2.24) is 34.7 Å². The summed E-state index contributed by atoms with van der Waals surface area (Å²) in [5.41, 5.74) is 3.25. The Labute approximate surface area is 195 Å². The van der Waals surface area contributed by atoms with Crippen LogP contribution in [0.25, 0.3) is 11.0 Å². The van der Waals surface area contributed by atoms with Crippen LogP contribution < -0.4 is 4.90 Å². The summed E-state index contributed by atoms with van der Waals surface area (Å²) in [4.78, 5) is 40.3. The Morgan fingerprint density at radius 2 is 1.71 bits per heavy atom. The van der Waals surface area contributed by atoms with E-state index in [1.54, 1.807) is 11.2 Å². The molecule has 9 nitrogen and oxygen atoms in total. The maximum Gasteiger partial charge on any atom is 0.281 e. The van der Waals surface area contributed by atoms with E-state index in [0.717, 1.165) is 73.8 Å². The van der Waals surface area contributed by atoms with E-state index >= 15 is 0 Å². The van der Waals surface area contributed by atoms with Crippen molar-refractivity contribution in [3.8, 4) is 0 Å². The Morgan fingerprint density at radius 3 is 2.38 bits per heavy atom. The fourth-order valence-electron chi connectivity index (χ4n) is 4.57. The van der Waals surface area contributed by atoms with Crippen molar-refractivity contribution in [2.45, 2.75) is 25.2 Å². The van der Waals surface area contributed by atoms with E-state index in [2.05, 4.69) is 42.8 Å². The van der Waals surface area contributed by atoms with Gasteiger partial charge >= 0.3 is 0 Å². The summed E-state index contributed by atoms with van der Waals surface area (Å²) >= 11 is 0. The zero-order valence-electron chi connectivity index (χ0n) is 18.9. The average Bonchev–Trinajstić information content (AvgIpc) is 2.88. The smallest absolute Gasteiger partial charge is 0.281 e. The number of pyridine rings is 1. The second-order valence-electron chi connectivity index (χ2n) is 8.80. The first-order chi connectivity index (χ1) is 16.5. The first kappa shape index (κ1) is 22.5. The number of piperidine rings is 1. The summed E-state index contributed by atoms with van der Waals surface area (Å²) in [6.45, 7) is 5.00. The number of halogens is 2. The molecule has 0 radical (unpaired) electrons. The lowest BCUT2D eigenvalue weighted by Gasteiger charge is -2.34. The lowest BCUT2D eigenvalue weighted by Crippen LogP contribution is -2.44. The summed E-state index contributed by atoms with van der Waals surface area (Å²) in [7, 11) is 2.13. The van der Waals surface area contributed by atoms with Crippen LogP contribution in [0.5, 0.6) is 0 Å². The summed E-state index contributed by atoms with van der Waals surface area (Å²) in [6, 6.07) is 2.08. The van der Waals surface area contributed by atoms with Crippen molar-refractivity contribution in [2.75, 3.05) is 51.2 Å². The van der Waals surface area contributed by atoms with Gasteiger partial charge in [0.1, 0.15) is 23.2 Å². The summed E-state index contributed by atoms with van der Waals surface area (Å²) in [5, 5.41) is 0. The molecular formula is C23H26F2N8O. The topological polar surface area (TPSA) is 91.2 Å². The van der Waals surface area contributed by atoms with Gasteiger partial charge in [0, 0.05) is 45.2 Å². The highest BCUT2D eigenvalue weighted by Gasteiger charge is 2.28. The average molecular weight is 469 g/mol. The number of anilines is 1. The number of amides is 1. The normalized spacial score (nSPS) is 18.1. The van der Waals surface area contributed by atoms with Crippen molar-refractivity contribution >= 4 is 22.6 Å². The molecule has 2 fully saturated rings. The first-order valence-electron chi connectivity index (χ1n) is 11.4. The number of carbonyl (C=O) groups is 1. The minimum absolute atomic E-state index is 0.0773. The van der Waals surface area contributed by atoms with Crippen LogP contribution in [0.1, 0.15) is 47.1 Å². The minimum Gasteiger partial charge on any atom is -0.368 e. The maximum atomic E-state index is 12.7. The fraction of sp³-hybridized carbons (Fsp3) is 0.478. The molecule has 5 rings (SSSR count). The van der Waals surface area contributed by atoms with Gasteiger partial charge in [-0.3, -0.25) is 14.8 Å². The van der Waals surface area contributed by atoms with Gasteiger partial charge in [-0.1, -0.05) is 0 Å². The Balaban J connectivity index is 1.27. The number of hydrogen-bond acceptors (Lipinski definition) is 8. The number of likely N-dealkylation sites (tertiary alicyclic amines) is 1. The van der Waals surface area contributed by atoms with E-state index in [-0.39, 0.29) is 17.5 Å². The number of carbonyl (C=O) groups excluding carboxylic acids is 1.